The summed E-state index contributed by atoms with van der Waals surface area (Å²) in [5.74, 6) is 0.813. The van der Waals surface area contributed by atoms with Crippen molar-refractivity contribution in [1.29, 1.82) is 0 Å². The molecule has 26 heavy (non-hydrogen) atoms. The molecule has 1 heterocycles. The van der Waals surface area contributed by atoms with Crippen LogP contribution in [0.25, 0.3) is 0 Å². The molecule has 1 aromatic carbocycles. The summed E-state index contributed by atoms with van der Waals surface area (Å²) in [6, 6.07) is 5.68. The predicted octanol–water partition coefficient (Wildman–Crippen LogP) is 4.07. The second-order valence-corrected chi connectivity index (χ2v) is 7.32. The lowest BCUT2D eigenvalue weighted by atomic mass is 9.97. The highest BCUT2D eigenvalue weighted by atomic mass is 35.5. The molecule has 2 amide bonds. The molecule has 0 atom stereocenters. The van der Waals surface area contributed by atoms with E-state index in [1.54, 1.807) is 7.11 Å². The van der Waals surface area contributed by atoms with Gasteiger partial charge in [-0.15, -0.1) is 0 Å². The second-order valence-electron chi connectivity index (χ2n) is 6.88. The highest BCUT2D eigenvalue weighted by Crippen LogP contribution is 2.31. The highest BCUT2D eigenvalue weighted by molar-refractivity contribution is 6.30. The van der Waals surface area contributed by atoms with E-state index in [1.807, 2.05) is 23.1 Å². The predicted molar refractivity (Wildman–Crippen MR) is 106 cm³/mol. The lowest BCUT2D eigenvalue weighted by Crippen LogP contribution is -2.52. The van der Waals surface area contributed by atoms with Gasteiger partial charge in [-0.25, -0.2) is 4.79 Å². The topological polar surface area (TPSA) is 44.8 Å². The minimum atomic E-state index is 0.0409. The number of hydrogen-bond acceptors (Lipinski definition) is 3. The lowest BCUT2D eigenvalue weighted by Gasteiger charge is -2.36. The number of nitrogens with one attached hydrogen (secondary N) is 1. The highest BCUT2D eigenvalue weighted by Gasteiger charge is 2.23. The number of methoxy groups -OCH3 is 1. The molecule has 3 rings (SSSR count). The van der Waals surface area contributed by atoms with Crippen molar-refractivity contribution >= 4 is 23.3 Å². The number of urea groups is 1. The largest absolute Gasteiger partial charge is 0.495 e. The normalized spacial score (nSPS) is 17.7. The number of allylic oxidation sites excluding steroid dienone is 1. The number of anilines is 1. The minimum Gasteiger partial charge on any atom is -0.495 e. The lowest BCUT2D eigenvalue weighted by molar-refractivity contribution is 0.194. The first kappa shape index (κ1) is 18.9. The van der Waals surface area contributed by atoms with Gasteiger partial charge in [0.1, 0.15) is 5.75 Å². The van der Waals surface area contributed by atoms with Crippen molar-refractivity contribution in [3.05, 3.63) is 34.9 Å². The number of amides is 2. The second kappa shape index (κ2) is 9.17. The van der Waals surface area contributed by atoms with Crippen LogP contribution in [0.3, 0.4) is 0 Å². The van der Waals surface area contributed by atoms with Gasteiger partial charge in [0.15, 0.2) is 0 Å². The zero-order valence-corrected chi connectivity index (χ0v) is 16.2. The zero-order chi connectivity index (χ0) is 18.4. The molecule has 0 unspecified atom stereocenters. The van der Waals surface area contributed by atoms with E-state index in [4.69, 9.17) is 16.3 Å². The number of nitrogens with zero attached hydrogens (tertiary/aromatic N) is 2. The molecule has 1 aliphatic carbocycles. The van der Waals surface area contributed by atoms with Crippen molar-refractivity contribution in [2.24, 2.45) is 0 Å². The quantitative estimate of drug-likeness (QED) is 0.786. The first-order chi connectivity index (χ1) is 12.7. The molecule has 6 heteroatoms. The summed E-state index contributed by atoms with van der Waals surface area (Å²) in [5.41, 5.74) is 2.48. The van der Waals surface area contributed by atoms with Crippen molar-refractivity contribution < 1.29 is 9.53 Å². The Labute approximate surface area is 160 Å². The molecule has 0 spiro atoms. The van der Waals surface area contributed by atoms with Crippen LogP contribution >= 0.6 is 11.6 Å². The Morgan fingerprint density at radius 2 is 2.04 bits per heavy atom. The summed E-state index contributed by atoms with van der Waals surface area (Å²) in [5, 5.41) is 3.76. The van der Waals surface area contributed by atoms with Crippen LogP contribution in [0.2, 0.25) is 5.02 Å². The van der Waals surface area contributed by atoms with Crippen molar-refractivity contribution in [3.8, 4) is 5.75 Å². The maximum absolute atomic E-state index is 12.4. The van der Waals surface area contributed by atoms with Gasteiger partial charge >= 0.3 is 6.03 Å². The van der Waals surface area contributed by atoms with E-state index < -0.39 is 0 Å². The Balaban J connectivity index is 1.46. The number of benzene rings is 1. The Morgan fingerprint density at radius 1 is 1.23 bits per heavy atom. The van der Waals surface area contributed by atoms with E-state index in [9.17, 15) is 4.79 Å². The first-order valence-electron chi connectivity index (χ1n) is 9.46. The number of piperazine rings is 1. The van der Waals surface area contributed by atoms with Crippen LogP contribution in [0.5, 0.6) is 5.75 Å². The molecule has 2 aliphatic rings. The van der Waals surface area contributed by atoms with Gasteiger partial charge in [0, 0.05) is 37.7 Å². The van der Waals surface area contributed by atoms with Gasteiger partial charge in [-0.05, 0) is 50.3 Å². The van der Waals surface area contributed by atoms with Crippen LogP contribution in [0, 0.1) is 0 Å². The Kier molecular flexibility index (Phi) is 6.67. The number of rotatable bonds is 5. The van der Waals surface area contributed by atoms with Crippen molar-refractivity contribution in [1.82, 2.24) is 10.2 Å². The smallest absolute Gasteiger partial charge is 0.317 e. The van der Waals surface area contributed by atoms with E-state index in [1.165, 1.54) is 31.3 Å². The fourth-order valence-electron chi connectivity index (χ4n) is 3.63. The average Bonchev–Trinajstić information content (AvgIpc) is 2.69. The van der Waals surface area contributed by atoms with Crippen LogP contribution in [-0.2, 0) is 0 Å². The number of halogens is 1. The molecular formula is C20H28ClN3O2. The fraction of sp³-hybridized carbons (Fsp3) is 0.550. The molecular weight excluding hydrogens is 350 g/mol. The van der Waals surface area contributed by atoms with Crippen LogP contribution in [0.1, 0.15) is 32.1 Å². The van der Waals surface area contributed by atoms with E-state index in [-0.39, 0.29) is 6.03 Å². The molecule has 1 aromatic rings. The number of carbonyl (C=O) groups excluding carboxylic acids is 1. The summed E-state index contributed by atoms with van der Waals surface area (Å²) >= 11 is 6.13. The van der Waals surface area contributed by atoms with Crippen molar-refractivity contribution in [3.63, 3.8) is 0 Å². The molecule has 1 fully saturated rings. The Morgan fingerprint density at radius 3 is 2.73 bits per heavy atom. The molecule has 0 saturated carbocycles. The third kappa shape index (κ3) is 4.85. The third-order valence-corrected chi connectivity index (χ3v) is 5.39. The zero-order valence-electron chi connectivity index (χ0n) is 15.5. The van der Waals surface area contributed by atoms with Gasteiger partial charge in [0.2, 0.25) is 0 Å². The van der Waals surface area contributed by atoms with E-state index in [0.29, 0.717) is 18.1 Å². The monoisotopic (exact) mass is 377 g/mol. The summed E-state index contributed by atoms with van der Waals surface area (Å²) in [6.45, 7) is 3.67. The van der Waals surface area contributed by atoms with Crippen LogP contribution in [0.4, 0.5) is 10.5 Å². The maximum Gasteiger partial charge on any atom is 0.317 e. The molecule has 0 bridgehead atoms. The Hall–Kier alpha value is -1.88. The molecule has 1 saturated heterocycles. The van der Waals surface area contributed by atoms with Crippen molar-refractivity contribution in [2.45, 2.75) is 32.1 Å². The van der Waals surface area contributed by atoms with Gasteiger partial charge in [-0.1, -0.05) is 23.3 Å². The number of hydrogen-bond donors (Lipinski definition) is 1. The number of ether oxygens (including phenoxy) is 1. The average molecular weight is 378 g/mol. The summed E-state index contributed by atoms with van der Waals surface area (Å²) in [7, 11) is 1.66. The van der Waals surface area contributed by atoms with Gasteiger partial charge in [0.25, 0.3) is 0 Å². The van der Waals surface area contributed by atoms with Gasteiger partial charge in [0.05, 0.1) is 12.8 Å². The van der Waals surface area contributed by atoms with Gasteiger partial charge < -0.3 is 19.9 Å². The van der Waals surface area contributed by atoms with E-state index >= 15 is 0 Å². The van der Waals surface area contributed by atoms with Crippen molar-refractivity contribution in [2.75, 3.05) is 44.7 Å². The molecule has 1 aliphatic heterocycles. The minimum absolute atomic E-state index is 0.0409. The Bertz CT molecular complexity index is 654. The van der Waals surface area contributed by atoms with E-state index in [0.717, 1.165) is 37.5 Å². The standard InChI is InChI=1S/C20H28ClN3O2/c1-26-19-8-7-17(21)15-18(19)23-11-13-24(14-12-23)20(25)22-10-9-16-5-3-2-4-6-16/h5,7-8,15H,2-4,6,9-14H2,1H3,(H,22,25). The SMILES string of the molecule is COc1ccc(Cl)cc1N1CCN(C(=O)NCCC2=CCCCC2)CC1. The first-order valence-corrected chi connectivity index (χ1v) is 9.84. The molecule has 142 valence electrons. The number of carbonyl (C=O) groups is 1. The molecule has 0 radical (unpaired) electrons. The third-order valence-electron chi connectivity index (χ3n) is 5.16. The van der Waals surface area contributed by atoms with Crippen LogP contribution in [-0.4, -0.2) is 50.8 Å². The van der Waals surface area contributed by atoms with Crippen LogP contribution < -0.4 is 15.0 Å². The summed E-state index contributed by atoms with van der Waals surface area (Å²) in [4.78, 5) is 16.5. The fourth-order valence-corrected chi connectivity index (χ4v) is 3.80. The maximum atomic E-state index is 12.4. The molecule has 5 nitrogen and oxygen atoms in total. The molecule has 1 N–H and O–H groups in total. The summed E-state index contributed by atoms with van der Waals surface area (Å²) in [6.07, 6.45) is 8.29. The van der Waals surface area contributed by atoms with Gasteiger partial charge in [-0.3, -0.25) is 0 Å². The molecule has 0 aromatic heterocycles. The van der Waals surface area contributed by atoms with E-state index in [2.05, 4.69) is 16.3 Å². The van der Waals surface area contributed by atoms with Crippen LogP contribution in [0.15, 0.2) is 29.8 Å². The summed E-state index contributed by atoms with van der Waals surface area (Å²) < 4.78 is 5.44. The van der Waals surface area contributed by atoms with Gasteiger partial charge in [-0.2, -0.15) is 0 Å².